The summed E-state index contributed by atoms with van der Waals surface area (Å²) in [5.74, 6) is 0.485. The van der Waals surface area contributed by atoms with Gasteiger partial charge in [-0.2, -0.15) is 18.3 Å². The third-order valence-electron chi connectivity index (χ3n) is 6.22. The molecule has 0 unspecified atom stereocenters. The minimum absolute atomic E-state index is 0.241. The normalized spacial score (nSPS) is 14.4. The minimum Gasteiger partial charge on any atom is -0.496 e. The lowest BCUT2D eigenvalue weighted by Gasteiger charge is -2.26. The van der Waals surface area contributed by atoms with E-state index in [4.69, 9.17) is 15.2 Å². The number of nitrogens with one attached hydrogen (secondary N) is 2. The number of nitrogen functional groups attached to an aromatic ring is 1. The summed E-state index contributed by atoms with van der Waals surface area (Å²) in [7, 11) is 1.49. The molecule has 11 nitrogen and oxygen atoms in total. The van der Waals surface area contributed by atoms with Crippen molar-refractivity contribution in [2.45, 2.75) is 12.7 Å². The number of ether oxygens (including phenoxy) is 2. The number of hydrogen-bond donors (Lipinski definition) is 3. The molecule has 1 aromatic carbocycles. The van der Waals surface area contributed by atoms with Crippen LogP contribution in [0.3, 0.4) is 0 Å². The van der Waals surface area contributed by atoms with Crippen LogP contribution >= 0.6 is 0 Å². The van der Waals surface area contributed by atoms with E-state index in [0.29, 0.717) is 48.1 Å². The Morgan fingerprint density at radius 1 is 1.10 bits per heavy atom. The number of nitrogens with two attached hydrogens (primary N) is 1. The summed E-state index contributed by atoms with van der Waals surface area (Å²) in [5.41, 5.74) is 8.64. The third-order valence-corrected chi connectivity index (χ3v) is 6.22. The van der Waals surface area contributed by atoms with Crippen molar-refractivity contribution in [3.8, 4) is 16.9 Å². The van der Waals surface area contributed by atoms with Crippen LogP contribution in [0.4, 0.5) is 35.3 Å². The van der Waals surface area contributed by atoms with E-state index in [0.717, 1.165) is 42.7 Å². The molecule has 0 atom stereocenters. The van der Waals surface area contributed by atoms with Gasteiger partial charge in [-0.25, -0.2) is 19.3 Å². The van der Waals surface area contributed by atoms with E-state index >= 15 is 0 Å². The van der Waals surface area contributed by atoms with Crippen molar-refractivity contribution in [3.63, 3.8) is 0 Å². The maximum Gasteiger partial charge on any atom is 0.416 e. The van der Waals surface area contributed by atoms with Crippen LogP contribution in [0.5, 0.6) is 5.75 Å². The van der Waals surface area contributed by atoms with Crippen LogP contribution in [0, 0.1) is 0 Å². The van der Waals surface area contributed by atoms with E-state index in [1.54, 1.807) is 22.7 Å². The van der Waals surface area contributed by atoms with Gasteiger partial charge in [-0.05, 0) is 30.3 Å². The summed E-state index contributed by atoms with van der Waals surface area (Å²) in [4.78, 5) is 22.7. The highest BCUT2D eigenvalue weighted by Gasteiger charge is 2.31. The zero-order valence-corrected chi connectivity index (χ0v) is 20.8. The Bertz CT molecular complexity index is 1500. The second kappa shape index (κ2) is 10.7. The molecule has 0 spiro atoms. The molecule has 204 valence electrons. The van der Waals surface area contributed by atoms with Gasteiger partial charge in [0.25, 0.3) is 0 Å². The number of fused-ring (bicyclic) bond motifs is 1. The number of pyridine rings is 1. The van der Waals surface area contributed by atoms with Crippen LogP contribution in [0.25, 0.3) is 16.6 Å². The molecule has 4 N–H and O–H groups in total. The molecular formula is C25H25F3N8O3. The number of rotatable bonds is 6. The van der Waals surface area contributed by atoms with E-state index < -0.39 is 17.8 Å². The summed E-state index contributed by atoms with van der Waals surface area (Å²) in [6.45, 7) is 3.54. The number of nitrogens with zero attached hydrogens (tertiary/aromatic N) is 5. The Labute approximate surface area is 220 Å². The van der Waals surface area contributed by atoms with Gasteiger partial charge in [-0.3, -0.25) is 10.2 Å². The summed E-state index contributed by atoms with van der Waals surface area (Å²) in [6.07, 6.45) is -2.18. The second-order valence-electron chi connectivity index (χ2n) is 8.77. The topological polar surface area (TPSA) is 132 Å². The molecule has 0 radical (unpaired) electrons. The zero-order valence-electron chi connectivity index (χ0n) is 20.8. The van der Waals surface area contributed by atoms with Gasteiger partial charge in [0.15, 0.2) is 5.82 Å². The van der Waals surface area contributed by atoms with E-state index in [1.165, 1.54) is 13.4 Å². The number of hydrogen-bond acceptors (Lipinski definition) is 8. The molecule has 0 bridgehead atoms. The Hall–Kier alpha value is -4.43. The van der Waals surface area contributed by atoms with E-state index in [1.807, 2.05) is 6.07 Å². The first-order chi connectivity index (χ1) is 18.7. The number of amides is 2. The quantitative estimate of drug-likeness (QED) is 0.335. The lowest BCUT2D eigenvalue weighted by Crippen LogP contribution is -2.36. The van der Waals surface area contributed by atoms with Crippen LogP contribution < -0.4 is 21.1 Å². The van der Waals surface area contributed by atoms with Gasteiger partial charge in [0.1, 0.15) is 23.4 Å². The fraction of sp³-hybridized carbons (Fsp3) is 0.280. The number of carbonyl (C=O) groups is 1. The van der Waals surface area contributed by atoms with Crippen molar-refractivity contribution in [1.29, 1.82) is 0 Å². The Kier molecular flexibility index (Phi) is 7.21. The maximum atomic E-state index is 13.0. The fourth-order valence-electron chi connectivity index (χ4n) is 4.38. The molecule has 4 heterocycles. The van der Waals surface area contributed by atoms with Gasteiger partial charge in [0, 0.05) is 48.7 Å². The van der Waals surface area contributed by atoms with Crippen molar-refractivity contribution in [1.82, 2.24) is 24.5 Å². The molecule has 0 aliphatic carbocycles. The first kappa shape index (κ1) is 26.2. The molecule has 1 saturated heterocycles. The standard InChI is InChI=1S/C25H25F3N8O3/c1-38-20-11-16(33-24(37)34-21-10-15(4-5-30-21)25(26,27)28)2-3-18(20)19-12-17(13-35-6-8-39-9-7-35)36-22(19)23(29)31-14-32-36/h2-5,10-12,14H,6-9,13H2,1H3,(H2,29,31,32)(H2,30,33,34,37). The predicted molar refractivity (Wildman–Crippen MR) is 137 cm³/mol. The van der Waals surface area contributed by atoms with E-state index in [2.05, 4.69) is 30.6 Å². The van der Waals surface area contributed by atoms with Crippen LogP contribution in [0.1, 0.15) is 11.3 Å². The second-order valence-corrected chi connectivity index (χ2v) is 8.77. The summed E-state index contributed by atoms with van der Waals surface area (Å²) in [5, 5.41) is 9.31. The van der Waals surface area contributed by atoms with Gasteiger partial charge < -0.3 is 20.5 Å². The number of methoxy groups -OCH3 is 1. The summed E-state index contributed by atoms with van der Waals surface area (Å²) in [6, 6.07) is 7.77. The predicted octanol–water partition coefficient (Wildman–Crippen LogP) is 3.88. The molecule has 5 rings (SSSR count). The van der Waals surface area contributed by atoms with E-state index in [-0.39, 0.29) is 5.82 Å². The van der Waals surface area contributed by atoms with Crippen molar-refractivity contribution < 1.29 is 27.4 Å². The minimum atomic E-state index is -4.56. The summed E-state index contributed by atoms with van der Waals surface area (Å²) < 4.78 is 51.7. The Balaban J connectivity index is 1.40. The van der Waals surface area contributed by atoms with Gasteiger partial charge in [-0.15, -0.1) is 0 Å². The fourth-order valence-corrected chi connectivity index (χ4v) is 4.38. The van der Waals surface area contributed by atoms with Crippen molar-refractivity contribution in [2.75, 3.05) is 49.8 Å². The van der Waals surface area contributed by atoms with Gasteiger partial charge in [-0.1, -0.05) is 0 Å². The number of anilines is 3. The largest absolute Gasteiger partial charge is 0.496 e. The number of urea groups is 1. The first-order valence-corrected chi connectivity index (χ1v) is 11.9. The molecule has 2 amide bonds. The number of benzene rings is 1. The SMILES string of the molecule is COc1cc(NC(=O)Nc2cc(C(F)(F)F)ccn2)ccc1-c1cc(CN2CCOCC2)n2ncnc(N)c12. The average molecular weight is 543 g/mol. The molecule has 0 saturated carbocycles. The molecular weight excluding hydrogens is 517 g/mol. The Morgan fingerprint density at radius 2 is 1.90 bits per heavy atom. The summed E-state index contributed by atoms with van der Waals surface area (Å²) >= 11 is 0. The molecule has 1 fully saturated rings. The highest BCUT2D eigenvalue weighted by atomic mass is 19.4. The lowest BCUT2D eigenvalue weighted by molar-refractivity contribution is -0.137. The third kappa shape index (κ3) is 5.71. The molecule has 1 aliphatic rings. The highest BCUT2D eigenvalue weighted by molar-refractivity contribution is 6.00. The highest BCUT2D eigenvalue weighted by Crippen LogP contribution is 2.38. The number of aromatic nitrogens is 4. The molecule has 39 heavy (non-hydrogen) atoms. The molecule has 3 aromatic heterocycles. The smallest absolute Gasteiger partial charge is 0.416 e. The van der Waals surface area contributed by atoms with Crippen molar-refractivity contribution >= 4 is 28.9 Å². The van der Waals surface area contributed by atoms with Crippen LogP contribution in [-0.2, 0) is 17.5 Å². The molecule has 4 aromatic rings. The zero-order chi connectivity index (χ0) is 27.6. The monoisotopic (exact) mass is 542 g/mol. The van der Waals surface area contributed by atoms with Crippen LogP contribution in [-0.4, -0.2) is 63.9 Å². The van der Waals surface area contributed by atoms with Crippen molar-refractivity contribution in [3.05, 3.63) is 60.2 Å². The van der Waals surface area contributed by atoms with Crippen molar-refractivity contribution in [2.24, 2.45) is 0 Å². The van der Waals surface area contributed by atoms with Gasteiger partial charge in [0.05, 0.1) is 31.6 Å². The van der Waals surface area contributed by atoms with Crippen LogP contribution in [0.15, 0.2) is 48.9 Å². The Morgan fingerprint density at radius 3 is 2.64 bits per heavy atom. The lowest BCUT2D eigenvalue weighted by atomic mass is 10.0. The molecule has 1 aliphatic heterocycles. The maximum absolute atomic E-state index is 13.0. The van der Waals surface area contributed by atoms with Gasteiger partial charge >= 0.3 is 12.2 Å². The van der Waals surface area contributed by atoms with Crippen LogP contribution in [0.2, 0.25) is 0 Å². The molecule has 14 heteroatoms. The number of morpholine rings is 1. The van der Waals surface area contributed by atoms with Gasteiger partial charge in [0.2, 0.25) is 0 Å². The van der Waals surface area contributed by atoms with E-state index in [9.17, 15) is 18.0 Å². The average Bonchev–Trinajstić information content (AvgIpc) is 3.28. The number of halogens is 3. The number of alkyl halides is 3. The first-order valence-electron chi connectivity index (χ1n) is 11.9. The number of carbonyl (C=O) groups excluding carboxylic acids is 1.